The van der Waals surface area contributed by atoms with Gasteiger partial charge in [-0.15, -0.1) is 0 Å². The van der Waals surface area contributed by atoms with Crippen molar-refractivity contribution in [3.8, 4) is 5.75 Å². The molecule has 0 heterocycles. The third-order valence-electron chi connectivity index (χ3n) is 3.94. The summed E-state index contributed by atoms with van der Waals surface area (Å²) in [7, 11) is 0. The molecular formula is C22H22N2OS. The minimum atomic E-state index is -0.0209. The molecule has 4 heteroatoms. The molecule has 0 aliphatic rings. The molecule has 0 atom stereocenters. The highest BCUT2D eigenvalue weighted by atomic mass is 32.1. The van der Waals surface area contributed by atoms with E-state index in [1.807, 2.05) is 67.6 Å². The van der Waals surface area contributed by atoms with Gasteiger partial charge in [0.1, 0.15) is 5.75 Å². The maximum absolute atomic E-state index is 5.56. The van der Waals surface area contributed by atoms with Crippen LogP contribution in [-0.4, -0.2) is 11.7 Å². The van der Waals surface area contributed by atoms with Crippen LogP contribution in [0.15, 0.2) is 84.9 Å². The zero-order valence-corrected chi connectivity index (χ0v) is 15.5. The lowest BCUT2D eigenvalue weighted by Gasteiger charge is -2.22. The lowest BCUT2D eigenvalue weighted by molar-refractivity contribution is 0.340. The van der Waals surface area contributed by atoms with Gasteiger partial charge in [-0.3, -0.25) is 0 Å². The van der Waals surface area contributed by atoms with Crippen LogP contribution < -0.4 is 15.4 Å². The van der Waals surface area contributed by atoms with E-state index < -0.39 is 0 Å². The zero-order chi connectivity index (χ0) is 18.2. The summed E-state index contributed by atoms with van der Waals surface area (Å²) in [6.07, 6.45) is 0. The Morgan fingerprint density at radius 2 is 1.50 bits per heavy atom. The van der Waals surface area contributed by atoms with Crippen molar-refractivity contribution in [2.24, 2.45) is 0 Å². The van der Waals surface area contributed by atoms with Crippen LogP contribution in [-0.2, 0) is 0 Å². The molecule has 26 heavy (non-hydrogen) atoms. The molecule has 0 amide bonds. The van der Waals surface area contributed by atoms with Gasteiger partial charge in [0.25, 0.3) is 0 Å². The molecule has 0 spiro atoms. The molecule has 0 aliphatic carbocycles. The number of nitrogens with one attached hydrogen (secondary N) is 2. The van der Waals surface area contributed by atoms with E-state index >= 15 is 0 Å². The van der Waals surface area contributed by atoms with Crippen LogP contribution in [0.3, 0.4) is 0 Å². The molecule has 0 bridgehead atoms. The smallest absolute Gasteiger partial charge is 0.171 e. The average Bonchev–Trinajstić information content (AvgIpc) is 2.68. The van der Waals surface area contributed by atoms with Crippen molar-refractivity contribution in [3.63, 3.8) is 0 Å². The summed E-state index contributed by atoms with van der Waals surface area (Å²) < 4.78 is 5.54. The topological polar surface area (TPSA) is 33.3 Å². The minimum Gasteiger partial charge on any atom is -0.494 e. The minimum absolute atomic E-state index is 0.0209. The summed E-state index contributed by atoms with van der Waals surface area (Å²) >= 11 is 5.56. The second-order valence-corrected chi connectivity index (χ2v) is 6.22. The Hall–Kier alpha value is -2.85. The molecule has 0 radical (unpaired) electrons. The molecule has 3 aromatic carbocycles. The van der Waals surface area contributed by atoms with Crippen LogP contribution >= 0.6 is 12.2 Å². The van der Waals surface area contributed by atoms with E-state index in [9.17, 15) is 0 Å². The van der Waals surface area contributed by atoms with E-state index in [0.717, 1.165) is 22.6 Å². The van der Waals surface area contributed by atoms with Crippen molar-refractivity contribution in [3.05, 3.63) is 96.1 Å². The zero-order valence-electron chi connectivity index (χ0n) is 14.7. The van der Waals surface area contributed by atoms with Crippen LogP contribution in [0.2, 0.25) is 0 Å². The number of anilines is 1. The molecule has 3 nitrogen and oxygen atoms in total. The third-order valence-corrected chi connectivity index (χ3v) is 4.16. The first-order valence-corrected chi connectivity index (χ1v) is 9.07. The first-order chi connectivity index (χ1) is 12.8. The van der Waals surface area contributed by atoms with E-state index in [1.165, 1.54) is 0 Å². The van der Waals surface area contributed by atoms with Crippen molar-refractivity contribution in [2.75, 3.05) is 11.9 Å². The second kappa shape index (κ2) is 9.02. The second-order valence-electron chi connectivity index (χ2n) is 5.81. The molecule has 0 aromatic heterocycles. The standard InChI is InChI=1S/C22H22N2OS/c1-2-25-20-15-9-14-19(16-20)23-22(26)24-21(17-10-5-3-6-11-17)18-12-7-4-8-13-18/h3-16,21H,2H2,1H3,(H2,23,24,26). The predicted molar refractivity (Wildman–Crippen MR) is 112 cm³/mol. The Morgan fingerprint density at radius 3 is 2.08 bits per heavy atom. The largest absolute Gasteiger partial charge is 0.494 e. The third kappa shape index (κ3) is 4.83. The van der Waals surface area contributed by atoms with Gasteiger partial charge in [-0.05, 0) is 42.4 Å². The fourth-order valence-corrected chi connectivity index (χ4v) is 3.01. The quantitative estimate of drug-likeness (QED) is 0.593. The van der Waals surface area contributed by atoms with Crippen LogP contribution in [0.5, 0.6) is 5.75 Å². The molecule has 0 unspecified atom stereocenters. The first-order valence-electron chi connectivity index (χ1n) is 8.66. The van der Waals surface area contributed by atoms with Crippen LogP contribution in [0.4, 0.5) is 5.69 Å². The molecule has 3 aromatic rings. The summed E-state index contributed by atoms with van der Waals surface area (Å²) in [5.74, 6) is 0.822. The lowest BCUT2D eigenvalue weighted by atomic mass is 9.99. The highest BCUT2D eigenvalue weighted by Crippen LogP contribution is 2.22. The van der Waals surface area contributed by atoms with Crippen molar-refractivity contribution >= 4 is 23.0 Å². The van der Waals surface area contributed by atoms with Gasteiger partial charge in [-0.25, -0.2) is 0 Å². The summed E-state index contributed by atoms with van der Waals surface area (Å²) in [6.45, 7) is 2.60. The number of rotatable bonds is 6. The summed E-state index contributed by atoms with van der Waals surface area (Å²) in [4.78, 5) is 0. The van der Waals surface area contributed by atoms with E-state index in [-0.39, 0.29) is 6.04 Å². The Balaban J connectivity index is 1.77. The van der Waals surface area contributed by atoms with E-state index in [4.69, 9.17) is 17.0 Å². The van der Waals surface area contributed by atoms with Crippen molar-refractivity contribution in [1.82, 2.24) is 5.32 Å². The molecule has 132 valence electrons. The van der Waals surface area contributed by atoms with Gasteiger partial charge in [0, 0.05) is 11.8 Å². The van der Waals surface area contributed by atoms with E-state index in [1.54, 1.807) is 0 Å². The van der Waals surface area contributed by atoms with Gasteiger partial charge >= 0.3 is 0 Å². The van der Waals surface area contributed by atoms with Gasteiger partial charge in [-0.1, -0.05) is 66.7 Å². The highest BCUT2D eigenvalue weighted by molar-refractivity contribution is 7.80. The maximum Gasteiger partial charge on any atom is 0.171 e. The summed E-state index contributed by atoms with van der Waals surface area (Å²) in [5.41, 5.74) is 3.21. The monoisotopic (exact) mass is 362 g/mol. The Labute approximate surface area is 160 Å². The van der Waals surface area contributed by atoms with Gasteiger partial charge < -0.3 is 15.4 Å². The van der Waals surface area contributed by atoms with E-state index in [0.29, 0.717) is 11.7 Å². The normalized spacial score (nSPS) is 10.4. The lowest BCUT2D eigenvalue weighted by Crippen LogP contribution is -2.33. The number of hydrogen-bond donors (Lipinski definition) is 2. The number of ether oxygens (including phenoxy) is 1. The first kappa shape index (κ1) is 18.0. The molecule has 0 saturated heterocycles. The van der Waals surface area contributed by atoms with Crippen LogP contribution in [0, 0.1) is 0 Å². The number of benzene rings is 3. The average molecular weight is 362 g/mol. The van der Waals surface area contributed by atoms with Gasteiger partial charge in [0.05, 0.1) is 12.6 Å². The Kier molecular flexibility index (Phi) is 6.23. The van der Waals surface area contributed by atoms with Crippen LogP contribution in [0.25, 0.3) is 0 Å². The maximum atomic E-state index is 5.56. The van der Waals surface area contributed by atoms with E-state index in [2.05, 4.69) is 34.9 Å². The highest BCUT2D eigenvalue weighted by Gasteiger charge is 2.14. The number of thiocarbonyl (C=S) groups is 1. The van der Waals surface area contributed by atoms with Gasteiger partial charge in [-0.2, -0.15) is 0 Å². The van der Waals surface area contributed by atoms with Crippen molar-refractivity contribution < 1.29 is 4.74 Å². The van der Waals surface area contributed by atoms with Crippen LogP contribution in [0.1, 0.15) is 24.1 Å². The molecular weight excluding hydrogens is 340 g/mol. The molecule has 0 aliphatic heterocycles. The summed E-state index contributed by atoms with van der Waals surface area (Å²) in [6, 6.07) is 28.3. The number of hydrogen-bond acceptors (Lipinski definition) is 2. The van der Waals surface area contributed by atoms with Gasteiger partial charge in [0.2, 0.25) is 0 Å². The van der Waals surface area contributed by atoms with Crippen molar-refractivity contribution in [2.45, 2.75) is 13.0 Å². The molecule has 0 fully saturated rings. The Bertz CT molecular complexity index is 798. The molecule has 2 N–H and O–H groups in total. The molecule has 0 saturated carbocycles. The van der Waals surface area contributed by atoms with Crippen molar-refractivity contribution in [1.29, 1.82) is 0 Å². The predicted octanol–water partition coefficient (Wildman–Crippen LogP) is 5.16. The Morgan fingerprint density at radius 1 is 0.885 bits per heavy atom. The summed E-state index contributed by atoms with van der Waals surface area (Å²) in [5, 5.41) is 7.25. The fourth-order valence-electron chi connectivity index (χ4n) is 2.78. The SMILES string of the molecule is CCOc1cccc(NC(=S)NC(c2ccccc2)c2ccccc2)c1. The fraction of sp³-hybridized carbons (Fsp3) is 0.136. The molecule has 3 rings (SSSR count). The van der Waals surface area contributed by atoms with Gasteiger partial charge in [0.15, 0.2) is 5.11 Å².